The summed E-state index contributed by atoms with van der Waals surface area (Å²) in [6.45, 7) is 2.10. The summed E-state index contributed by atoms with van der Waals surface area (Å²) in [5.74, 6) is 0. The number of nitrogens with one attached hydrogen (secondary N) is 2. The fraction of sp³-hybridized carbons (Fsp3) is 0.200. The Morgan fingerprint density at radius 3 is 2.42 bits per heavy atom. The summed E-state index contributed by atoms with van der Waals surface area (Å²) >= 11 is 1.73. The van der Waals surface area contributed by atoms with Crippen LogP contribution < -0.4 is 16.4 Å². The highest BCUT2D eigenvalue weighted by Gasteiger charge is 2.07. The van der Waals surface area contributed by atoms with Gasteiger partial charge in [-0.3, -0.25) is 0 Å². The number of rotatable bonds is 4. The van der Waals surface area contributed by atoms with E-state index in [9.17, 15) is 0 Å². The molecule has 0 amide bonds. The monoisotopic (exact) mass is 273 g/mol. The molecule has 19 heavy (non-hydrogen) atoms. The van der Waals surface area contributed by atoms with Gasteiger partial charge >= 0.3 is 0 Å². The molecule has 0 fully saturated rings. The highest BCUT2D eigenvalue weighted by atomic mass is 32.2. The van der Waals surface area contributed by atoms with Crippen LogP contribution in [0, 0.1) is 6.92 Å². The van der Waals surface area contributed by atoms with E-state index in [0.29, 0.717) is 0 Å². The molecule has 0 atom stereocenters. The summed E-state index contributed by atoms with van der Waals surface area (Å²) in [6.07, 6.45) is 0. The number of aryl methyl sites for hydroxylation is 1. The maximum atomic E-state index is 5.87. The third kappa shape index (κ3) is 3.15. The van der Waals surface area contributed by atoms with Gasteiger partial charge in [-0.15, -0.1) is 0 Å². The Bertz CT molecular complexity index is 582. The van der Waals surface area contributed by atoms with Gasteiger partial charge < -0.3 is 16.4 Å². The van der Waals surface area contributed by atoms with Crippen molar-refractivity contribution in [2.45, 2.75) is 16.7 Å². The summed E-state index contributed by atoms with van der Waals surface area (Å²) in [5.41, 5.74) is 10.1. The second-order valence-corrected chi connectivity index (χ2v) is 5.42. The summed E-state index contributed by atoms with van der Waals surface area (Å²) in [7, 11) is 3.86. The Morgan fingerprint density at radius 2 is 1.74 bits per heavy atom. The van der Waals surface area contributed by atoms with Crippen LogP contribution in [0.4, 0.5) is 17.1 Å². The van der Waals surface area contributed by atoms with Gasteiger partial charge in [0.15, 0.2) is 0 Å². The molecule has 0 saturated heterocycles. The Balaban J connectivity index is 2.38. The summed E-state index contributed by atoms with van der Waals surface area (Å²) < 4.78 is 0. The molecule has 3 nitrogen and oxygen atoms in total. The van der Waals surface area contributed by atoms with Gasteiger partial charge in [-0.1, -0.05) is 17.8 Å². The standard InChI is InChI=1S/C15H19N3S/c1-10-4-5-11(16)8-14(10)19-15-9-12(17-2)6-7-13(15)18-3/h4-9,17-18H,16H2,1-3H3. The van der Waals surface area contributed by atoms with Crippen LogP contribution in [0.25, 0.3) is 0 Å². The van der Waals surface area contributed by atoms with Crippen molar-refractivity contribution >= 4 is 28.8 Å². The molecule has 2 rings (SSSR count). The van der Waals surface area contributed by atoms with Crippen molar-refractivity contribution < 1.29 is 0 Å². The molecular formula is C15H19N3S. The lowest BCUT2D eigenvalue weighted by Gasteiger charge is -2.12. The lowest BCUT2D eigenvalue weighted by atomic mass is 10.2. The van der Waals surface area contributed by atoms with E-state index in [1.807, 2.05) is 26.2 Å². The second-order valence-electron chi connectivity index (χ2n) is 4.34. The lowest BCUT2D eigenvalue weighted by molar-refractivity contribution is 1.29. The Hall–Kier alpha value is -1.81. The molecule has 0 saturated carbocycles. The molecule has 4 N–H and O–H groups in total. The van der Waals surface area contributed by atoms with E-state index in [1.54, 1.807) is 11.8 Å². The first-order valence-electron chi connectivity index (χ1n) is 6.17. The first kappa shape index (κ1) is 13.6. The molecule has 0 unspecified atom stereocenters. The molecule has 4 heteroatoms. The van der Waals surface area contributed by atoms with Gasteiger partial charge in [0, 0.05) is 40.9 Å². The zero-order valence-electron chi connectivity index (χ0n) is 11.4. The second kappa shape index (κ2) is 5.89. The van der Waals surface area contributed by atoms with E-state index in [4.69, 9.17) is 5.73 Å². The van der Waals surface area contributed by atoms with Crippen molar-refractivity contribution in [2.75, 3.05) is 30.5 Å². The Kier molecular flexibility index (Phi) is 4.22. The van der Waals surface area contributed by atoms with Crippen LogP contribution in [0.5, 0.6) is 0 Å². The summed E-state index contributed by atoms with van der Waals surface area (Å²) in [5, 5.41) is 6.39. The lowest BCUT2D eigenvalue weighted by Crippen LogP contribution is -1.94. The minimum absolute atomic E-state index is 0.795. The minimum Gasteiger partial charge on any atom is -0.399 e. The number of benzene rings is 2. The van der Waals surface area contributed by atoms with Gasteiger partial charge in [0.2, 0.25) is 0 Å². The predicted molar refractivity (Wildman–Crippen MR) is 85.2 cm³/mol. The summed E-state index contributed by atoms with van der Waals surface area (Å²) in [4.78, 5) is 2.37. The van der Waals surface area contributed by atoms with Crippen molar-refractivity contribution in [1.82, 2.24) is 0 Å². The highest BCUT2D eigenvalue weighted by Crippen LogP contribution is 2.37. The van der Waals surface area contributed by atoms with Crippen molar-refractivity contribution in [3.05, 3.63) is 42.0 Å². The van der Waals surface area contributed by atoms with Crippen LogP contribution in [0.2, 0.25) is 0 Å². The first-order valence-corrected chi connectivity index (χ1v) is 6.99. The molecule has 0 aromatic heterocycles. The largest absolute Gasteiger partial charge is 0.399 e. The van der Waals surface area contributed by atoms with E-state index in [0.717, 1.165) is 17.1 Å². The number of nitrogens with two attached hydrogens (primary N) is 1. The fourth-order valence-electron chi connectivity index (χ4n) is 1.81. The van der Waals surface area contributed by atoms with Gasteiger partial charge in [-0.25, -0.2) is 0 Å². The highest BCUT2D eigenvalue weighted by molar-refractivity contribution is 7.99. The topological polar surface area (TPSA) is 50.1 Å². The zero-order valence-corrected chi connectivity index (χ0v) is 12.3. The predicted octanol–water partition coefficient (Wildman–Crippen LogP) is 3.81. The maximum Gasteiger partial charge on any atom is 0.0480 e. The Morgan fingerprint density at radius 1 is 0.947 bits per heavy atom. The van der Waals surface area contributed by atoms with Gasteiger partial charge in [-0.2, -0.15) is 0 Å². The average Bonchev–Trinajstić information content (AvgIpc) is 2.42. The van der Waals surface area contributed by atoms with Crippen LogP contribution in [0.15, 0.2) is 46.2 Å². The van der Waals surface area contributed by atoms with Crippen LogP contribution >= 0.6 is 11.8 Å². The van der Waals surface area contributed by atoms with Gasteiger partial charge in [0.25, 0.3) is 0 Å². The molecule has 0 radical (unpaired) electrons. The molecule has 0 aliphatic rings. The maximum absolute atomic E-state index is 5.87. The number of hydrogen-bond donors (Lipinski definition) is 3. The van der Waals surface area contributed by atoms with Gasteiger partial charge in [-0.05, 0) is 42.8 Å². The van der Waals surface area contributed by atoms with Crippen molar-refractivity contribution in [2.24, 2.45) is 0 Å². The number of hydrogen-bond acceptors (Lipinski definition) is 4. The van der Waals surface area contributed by atoms with Crippen molar-refractivity contribution in [3.8, 4) is 0 Å². The van der Waals surface area contributed by atoms with Crippen LogP contribution in [-0.4, -0.2) is 14.1 Å². The third-order valence-electron chi connectivity index (χ3n) is 2.97. The average molecular weight is 273 g/mol. The molecular weight excluding hydrogens is 254 g/mol. The molecule has 2 aromatic carbocycles. The van der Waals surface area contributed by atoms with E-state index in [2.05, 4.69) is 41.8 Å². The van der Waals surface area contributed by atoms with E-state index >= 15 is 0 Å². The quantitative estimate of drug-likeness (QED) is 0.741. The molecule has 0 heterocycles. The van der Waals surface area contributed by atoms with Gasteiger partial charge in [0.05, 0.1) is 0 Å². The van der Waals surface area contributed by atoms with Gasteiger partial charge in [0.1, 0.15) is 0 Å². The van der Waals surface area contributed by atoms with Crippen LogP contribution in [0.3, 0.4) is 0 Å². The van der Waals surface area contributed by atoms with Crippen molar-refractivity contribution in [3.63, 3.8) is 0 Å². The number of nitrogen functional groups attached to an aromatic ring is 1. The molecule has 0 aliphatic heterocycles. The molecule has 0 aliphatic carbocycles. The SMILES string of the molecule is CNc1ccc(NC)c(Sc2cc(N)ccc2C)c1. The van der Waals surface area contributed by atoms with E-state index in [1.165, 1.54) is 15.4 Å². The van der Waals surface area contributed by atoms with Crippen LogP contribution in [-0.2, 0) is 0 Å². The van der Waals surface area contributed by atoms with Crippen LogP contribution in [0.1, 0.15) is 5.56 Å². The number of anilines is 3. The molecule has 0 spiro atoms. The molecule has 0 bridgehead atoms. The smallest absolute Gasteiger partial charge is 0.0480 e. The van der Waals surface area contributed by atoms with Crippen molar-refractivity contribution in [1.29, 1.82) is 0 Å². The Labute approximate surface area is 118 Å². The molecule has 2 aromatic rings. The third-order valence-corrected chi connectivity index (χ3v) is 4.19. The fourth-order valence-corrected chi connectivity index (χ4v) is 2.94. The zero-order chi connectivity index (χ0) is 13.8. The van der Waals surface area contributed by atoms with E-state index in [-0.39, 0.29) is 0 Å². The summed E-state index contributed by atoms with van der Waals surface area (Å²) in [6, 6.07) is 12.3. The molecule has 100 valence electrons. The first-order chi connectivity index (χ1) is 9.13. The van der Waals surface area contributed by atoms with E-state index < -0.39 is 0 Å². The minimum atomic E-state index is 0.795. The normalized spacial score (nSPS) is 10.3.